The monoisotopic (exact) mass is 232 g/mol. The number of carboxylic acids is 1. The van der Waals surface area contributed by atoms with E-state index in [-0.39, 0.29) is 11.4 Å². The first kappa shape index (κ1) is 11.3. The van der Waals surface area contributed by atoms with Gasteiger partial charge in [0.1, 0.15) is 11.3 Å². The van der Waals surface area contributed by atoms with Crippen molar-refractivity contribution in [2.24, 2.45) is 0 Å². The second-order valence-electron chi connectivity index (χ2n) is 2.58. The number of nitrogens with one attached hydrogen (secondary N) is 1. The van der Waals surface area contributed by atoms with Crippen LogP contribution in [0.5, 0.6) is 5.75 Å². The minimum absolute atomic E-state index is 0.0279. The molecule has 7 nitrogen and oxygen atoms in total. The smallest absolute Gasteiger partial charge is 0.339 e. The molecule has 0 radical (unpaired) electrons. The van der Waals surface area contributed by atoms with E-state index in [2.05, 4.69) is 0 Å². The molecule has 0 aliphatic heterocycles. The van der Waals surface area contributed by atoms with Gasteiger partial charge in [0.25, 0.3) is 11.3 Å². The molecule has 1 unspecified atom stereocenters. The van der Waals surface area contributed by atoms with Crippen molar-refractivity contribution >= 4 is 28.6 Å². The zero-order valence-electron chi connectivity index (χ0n) is 7.30. The van der Waals surface area contributed by atoms with E-state index in [4.69, 9.17) is 15.4 Å². The van der Waals surface area contributed by atoms with Gasteiger partial charge in [0.15, 0.2) is 5.75 Å². The molecule has 0 fully saturated rings. The zero-order valence-corrected chi connectivity index (χ0v) is 8.11. The van der Waals surface area contributed by atoms with Crippen LogP contribution >= 0.6 is 0 Å². The number of hydrogen-bond donors (Lipinski definition) is 5. The summed E-state index contributed by atoms with van der Waals surface area (Å²) in [6.07, 6.45) is 0. The summed E-state index contributed by atoms with van der Waals surface area (Å²) in [6.45, 7) is 0. The molecule has 8 heteroatoms. The van der Waals surface area contributed by atoms with Gasteiger partial charge >= 0.3 is 5.97 Å². The molecule has 0 aromatic heterocycles. The average Bonchev–Trinajstić information content (AvgIpc) is 2.11. The van der Waals surface area contributed by atoms with Crippen molar-refractivity contribution in [2.75, 3.05) is 10.5 Å². The number of phenols is 1. The normalized spacial score (nSPS) is 12.1. The molecule has 1 aromatic carbocycles. The standard InChI is InChI=1S/C7H8N2O5S/c8-4-2-1-3(7(11)12)6(10)5(4)9-15(13)14/h1-2,9-10H,8H2,(H,11,12)(H,13,14). The Hall–Kier alpha value is -1.80. The highest BCUT2D eigenvalue weighted by molar-refractivity contribution is 7.80. The van der Waals surface area contributed by atoms with Gasteiger partial charge in [-0.1, -0.05) is 0 Å². The Balaban J connectivity index is 3.29. The highest BCUT2D eigenvalue weighted by Crippen LogP contribution is 2.33. The van der Waals surface area contributed by atoms with Crippen molar-refractivity contribution in [3.63, 3.8) is 0 Å². The minimum atomic E-state index is -2.44. The molecule has 0 spiro atoms. The highest BCUT2D eigenvalue weighted by atomic mass is 32.2. The number of nitrogen functional groups attached to an aromatic ring is 1. The van der Waals surface area contributed by atoms with Crippen molar-refractivity contribution in [1.29, 1.82) is 0 Å². The predicted molar refractivity (Wildman–Crippen MR) is 53.9 cm³/mol. The molecular weight excluding hydrogens is 224 g/mol. The fourth-order valence-corrected chi connectivity index (χ4v) is 1.36. The lowest BCUT2D eigenvalue weighted by Gasteiger charge is -2.09. The van der Waals surface area contributed by atoms with Crippen LogP contribution in [-0.4, -0.2) is 24.9 Å². The van der Waals surface area contributed by atoms with E-state index in [1.165, 1.54) is 6.07 Å². The maximum atomic E-state index is 10.6. The lowest BCUT2D eigenvalue weighted by Crippen LogP contribution is -2.07. The third kappa shape index (κ3) is 2.36. The van der Waals surface area contributed by atoms with E-state index < -0.39 is 28.5 Å². The number of aromatic carboxylic acids is 1. The van der Waals surface area contributed by atoms with Crippen molar-refractivity contribution < 1.29 is 23.8 Å². The first-order valence-electron chi connectivity index (χ1n) is 3.65. The fourth-order valence-electron chi connectivity index (χ4n) is 0.974. The van der Waals surface area contributed by atoms with E-state index >= 15 is 0 Å². The first-order valence-corrected chi connectivity index (χ1v) is 4.76. The Morgan fingerprint density at radius 2 is 2.07 bits per heavy atom. The minimum Gasteiger partial charge on any atom is -0.505 e. The topological polar surface area (TPSA) is 133 Å². The van der Waals surface area contributed by atoms with Crippen LogP contribution in [-0.2, 0) is 11.3 Å². The van der Waals surface area contributed by atoms with Gasteiger partial charge < -0.3 is 15.9 Å². The maximum Gasteiger partial charge on any atom is 0.339 e. The van der Waals surface area contributed by atoms with Gasteiger partial charge in [0.2, 0.25) is 0 Å². The lowest BCUT2D eigenvalue weighted by molar-refractivity contribution is 0.0694. The van der Waals surface area contributed by atoms with Crippen molar-refractivity contribution in [1.82, 2.24) is 0 Å². The van der Waals surface area contributed by atoms with E-state index in [1.807, 2.05) is 4.72 Å². The number of anilines is 2. The number of nitrogens with two attached hydrogens (primary N) is 1. The first-order chi connectivity index (χ1) is 6.93. The molecule has 1 rings (SSSR count). The van der Waals surface area contributed by atoms with Crippen LogP contribution < -0.4 is 10.5 Å². The number of rotatable bonds is 3. The van der Waals surface area contributed by atoms with Crippen molar-refractivity contribution in [3.05, 3.63) is 17.7 Å². The van der Waals surface area contributed by atoms with Gasteiger partial charge in [0.05, 0.1) is 5.69 Å². The molecule has 1 atom stereocenters. The predicted octanol–water partition coefficient (Wildman–Crippen LogP) is 0.221. The molecule has 0 saturated carbocycles. The van der Waals surface area contributed by atoms with Crippen LogP contribution in [0, 0.1) is 0 Å². The maximum absolute atomic E-state index is 10.6. The van der Waals surface area contributed by atoms with E-state index in [1.54, 1.807) is 0 Å². The Morgan fingerprint density at radius 3 is 2.53 bits per heavy atom. The molecule has 82 valence electrons. The quantitative estimate of drug-likeness (QED) is 0.287. The zero-order chi connectivity index (χ0) is 11.6. The lowest BCUT2D eigenvalue weighted by atomic mass is 10.1. The second kappa shape index (κ2) is 4.15. The van der Waals surface area contributed by atoms with Gasteiger partial charge in [-0.25, -0.2) is 9.00 Å². The molecular formula is C7H8N2O5S. The summed E-state index contributed by atoms with van der Waals surface area (Å²) >= 11 is -2.44. The Kier molecular flexibility index (Phi) is 3.12. The molecule has 0 aliphatic carbocycles. The van der Waals surface area contributed by atoms with Gasteiger partial charge in [-0.3, -0.25) is 9.27 Å². The van der Waals surface area contributed by atoms with E-state index in [0.717, 1.165) is 6.07 Å². The molecule has 0 saturated heterocycles. The number of benzene rings is 1. The summed E-state index contributed by atoms with van der Waals surface area (Å²) in [6, 6.07) is 2.30. The largest absolute Gasteiger partial charge is 0.505 e. The molecule has 6 N–H and O–H groups in total. The third-order valence-electron chi connectivity index (χ3n) is 1.63. The van der Waals surface area contributed by atoms with Gasteiger partial charge in [0, 0.05) is 0 Å². The number of aromatic hydroxyl groups is 1. The van der Waals surface area contributed by atoms with Gasteiger partial charge in [-0.05, 0) is 12.1 Å². The van der Waals surface area contributed by atoms with Crippen LogP contribution in [0.4, 0.5) is 11.4 Å². The van der Waals surface area contributed by atoms with E-state index in [9.17, 15) is 14.1 Å². The Labute approximate surface area is 86.9 Å². The van der Waals surface area contributed by atoms with Crippen molar-refractivity contribution in [3.8, 4) is 5.75 Å². The summed E-state index contributed by atoms with van der Waals surface area (Å²) in [5.41, 5.74) is 4.66. The Bertz CT molecular complexity index is 434. The van der Waals surface area contributed by atoms with Crippen LogP contribution in [0.3, 0.4) is 0 Å². The van der Waals surface area contributed by atoms with Crippen LogP contribution in [0.15, 0.2) is 12.1 Å². The molecule has 0 bridgehead atoms. The highest BCUT2D eigenvalue weighted by Gasteiger charge is 2.16. The number of hydrogen-bond acceptors (Lipinski definition) is 4. The van der Waals surface area contributed by atoms with Gasteiger partial charge in [-0.15, -0.1) is 0 Å². The summed E-state index contributed by atoms with van der Waals surface area (Å²) in [5, 5.41) is 18.1. The summed E-state index contributed by atoms with van der Waals surface area (Å²) < 4.78 is 20.9. The number of carbonyl (C=O) groups is 1. The third-order valence-corrected chi connectivity index (χ3v) is 2.01. The summed E-state index contributed by atoms with van der Waals surface area (Å²) in [4.78, 5) is 10.6. The van der Waals surface area contributed by atoms with Crippen LogP contribution in [0.1, 0.15) is 10.4 Å². The van der Waals surface area contributed by atoms with Crippen LogP contribution in [0.25, 0.3) is 0 Å². The van der Waals surface area contributed by atoms with Crippen LogP contribution in [0.2, 0.25) is 0 Å². The molecule has 1 aromatic rings. The molecule has 0 amide bonds. The van der Waals surface area contributed by atoms with Crippen molar-refractivity contribution in [2.45, 2.75) is 0 Å². The van der Waals surface area contributed by atoms with Gasteiger partial charge in [-0.2, -0.15) is 0 Å². The molecule has 15 heavy (non-hydrogen) atoms. The SMILES string of the molecule is Nc1ccc(C(=O)O)c(O)c1NS(=O)O. The summed E-state index contributed by atoms with van der Waals surface area (Å²) in [7, 11) is 0. The number of carboxylic acid groups (broad SMARTS) is 1. The second-order valence-corrected chi connectivity index (χ2v) is 3.28. The average molecular weight is 232 g/mol. The summed E-state index contributed by atoms with van der Waals surface area (Å²) in [5.74, 6) is -2.04. The Morgan fingerprint density at radius 1 is 1.47 bits per heavy atom. The van der Waals surface area contributed by atoms with E-state index in [0.29, 0.717) is 0 Å². The fraction of sp³-hybridized carbons (Fsp3) is 0. The molecule has 0 aliphatic rings. The molecule has 0 heterocycles.